The van der Waals surface area contributed by atoms with Gasteiger partial charge in [-0.05, 0) is 43.5 Å². The van der Waals surface area contributed by atoms with E-state index in [2.05, 4.69) is 5.32 Å². The van der Waals surface area contributed by atoms with Gasteiger partial charge in [-0.1, -0.05) is 48.5 Å². The highest BCUT2D eigenvalue weighted by Crippen LogP contribution is 2.28. The summed E-state index contributed by atoms with van der Waals surface area (Å²) in [7, 11) is 0. The maximum Gasteiger partial charge on any atom is 0.341 e. The summed E-state index contributed by atoms with van der Waals surface area (Å²) in [5.41, 5.74) is 3.06. The minimum atomic E-state index is -0.625. The summed E-state index contributed by atoms with van der Waals surface area (Å²) in [4.78, 5) is 25.3. The second-order valence-corrected chi connectivity index (χ2v) is 8.74. The first-order valence-electron chi connectivity index (χ1n) is 10.9. The highest BCUT2D eigenvalue weighted by Gasteiger charge is 2.20. The SMILES string of the molecule is CC(C)OC(=O)c1ccsc1NC(=O)/C(C#N)=C/c1cn(-c2ccccc2)nc1-c1ccccc1. The summed E-state index contributed by atoms with van der Waals surface area (Å²) in [5, 5.41) is 19.2. The number of esters is 1. The van der Waals surface area contributed by atoms with E-state index >= 15 is 0 Å². The van der Waals surface area contributed by atoms with E-state index in [4.69, 9.17) is 9.84 Å². The van der Waals surface area contributed by atoms with E-state index in [9.17, 15) is 14.9 Å². The molecular formula is C27H22N4O3S. The fourth-order valence-corrected chi connectivity index (χ4v) is 4.12. The zero-order chi connectivity index (χ0) is 24.8. The maximum absolute atomic E-state index is 13.0. The Morgan fingerprint density at radius 2 is 1.77 bits per heavy atom. The van der Waals surface area contributed by atoms with Crippen molar-refractivity contribution >= 4 is 34.3 Å². The predicted octanol–water partition coefficient (Wildman–Crippen LogP) is 5.71. The van der Waals surface area contributed by atoms with Crippen LogP contribution in [0, 0.1) is 11.3 Å². The normalized spacial score (nSPS) is 11.2. The van der Waals surface area contributed by atoms with Crippen LogP contribution in [0.5, 0.6) is 0 Å². The number of hydrogen-bond acceptors (Lipinski definition) is 6. The molecule has 1 amide bonds. The van der Waals surface area contributed by atoms with Crippen molar-refractivity contribution in [3.63, 3.8) is 0 Å². The third-order valence-corrected chi connectivity index (χ3v) is 5.76. The molecule has 0 aliphatic heterocycles. The Morgan fingerprint density at radius 1 is 1.09 bits per heavy atom. The van der Waals surface area contributed by atoms with Gasteiger partial charge in [-0.15, -0.1) is 11.3 Å². The molecule has 174 valence electrons. The van der Waals surface area contributed by atoms with E-state index in [0.29, 0.717) is 16.3 Å². The number of thiophene rings is 1. The van der Waals surface area contributed by atoms with Gasteiger partial charge >= 0.3 is 5.97 Å². The maximum atomic E-state index is 13.0. The lowest BCUT2D eigenvalue weighted by Crippen LogP contribution is -2.17. The van der Waals surface area contributed by atoms with Crippen LogP contribution in [0.1, 0.15) is 29.8 Å². The second kappa shape index (κ2) is 10.6. The van der Waals surface area contributed by atoms with Gasteiger partial charge in [0.05, 0.1) is 23.0 Å². The van der Waals surface area contributed by atoms with Gasteiger partial charge in [-0.3, -0.25) is 4.79 Å². The van der Waals surface area contributed by atoms with Crippen LogP contribution in [0.25, 0.3) is 23.0 Å². The molecule has 8 heteroatoms. The Kier molecular flexibility index (Phi) is 7.19. The molecule has 4 aromatic rings. The van der Waals surface area contributed by atoms with Crippen molar-refractivity contribution in [2.75, 3.05) is 5.32 Å². The van der Waals surface area contributed by atoms with E-state index < -0.39 is 11.9 Å². The molecule has 2 aromatic carbocycles. The number of benzene rings is 2. The molecule has 0 fully saturated rings. The lowest BCUT2D eigenvalue weighted by molar-refractivity contribution is -0.112. The summed E-state index contributed by atoms with van der Waals surface area (Å²) in [6.45, 7) is 3.50. The lowest BCUT2D eigenvalue weighted by atomic mass is 10.1. The molecule has 0 atom stereocenters. The van der Waals surface area contributed by atoms with Crippen molar-refractivity contribution < 1.29 is 14.3 Å². The Hall–Kier alpha value is -4.48. The number of ether oxygens (including phenoxy) is 1. The molecule has 0 bridgehead atoms. The number of hydrogen-bond donors (Lipinski definition) is 1. The summed E-state index contributed by atoms with van der Waals surface area (Å²) in [6.07, 6.45) is 2.99. The number of nitrogens with one attached hydrogen (secondary N) is 1. The van der Waals surface area contributed by atoms with E-state index in [-0.39, 0.29) is 17.2 Å². The molecule has 0 aliphatic carbocycles. The fourth-order valence-electron chi connectivity index (χ4n) is 3.35. The Morgan fingerprint density at radius 3 is 2.43 bits per heavy atom. The van der Waals surface area contributed by atoms with Crippen LogP contribution in [-0.2, 0) is 9.53 Å². The van der Waals surface area contributed by atoms with Crippen molar-refractivity contribution in [3.05, 3.63) is 95.0 Å². The van der Waals surface area contributed by atoms with Crippen molar-refractivity contribution in [2.45, 2.75) is 20.0 Å². The first-order valence-corrected chi connectivity index (χ1v) is 11.8. The first kappa shape index (κ1) is 23.7. The third-order valence-electron chi connectivity index (χ3n) is 4.93. The second-order valence-electron chi connectivity index (χ2n) is 7.82. The van der Waals surface area contributed by atoms with Crippen LogP contribution in [0.4, 0.5) is 5.00 Å². The fraction of sp³-hybridized carbons (Fsp3) is 0.111. The van der Waals surface area contributed by atoms with Gasteiger partial charge in [-0.25, -0.2) is 9.48 Å². The number of aromatic nitrogens is 2. The average Bonchev–Trinajstić information content (AvgIpc) is 3.50. The lowest BCUT2D eigenvalue weighted by Gasteiger charge is -2.09. The smallest absolute Gasteiger partial charge is 0.341 e. The molecule has 0 saturated carbocycles. The number of amides is 1. The molecule has 2 aromatic heterocycles. The average molecular weight is 483 g/mol. The van der Waals surface area contributed by atoms with Crippen LogP contribution >= 0.6 is 11.3 Å². The molecule has 4 rings (SSSR count). The highest BCUT2D eigenvalue weighted by atomic mass is 32.1. The molecule has 0 saturated heterocycles. The zero-order valence-electron chi connectivity index (χ0n) is 19.1. The highest BCUT2D eigenvalue weighted by molar-refractivity contribution is 7.14. The van der Waals surface area contributed by atoms with Crippen LogP contribution in [0.2, 0.25) is 0 Å². The van der Waals surface area contributed by atoms with E-state index in [1.165, 1.54) is 17.4 Å². The predicted molar refractivity (Wildman–Crippen MR) is 136 cm³/mol. The monoisotopic (exact) mass is 482 g/mol. The number of nitrogens with zero attached hydrogens (tertiary/aromatic N) is 3. The molecule has 0 radical (unpaired) electrons. The van der Waals surface area contributed by atoms with Crippen molar-refractivity contribution in [1.29, 1.82) is 5.26 Å². The number of nitriles is 1. The topological polar surface area (TPSA) is 97.0 Å². The van der Waals surface area contributed by atoms with Crippen LogP contribution < -0.4 is 5.32 Å². The molecule has 1 N–H and O–H groups in total. The first-order chi connectivity index (χ1) is 17.0. The van der Waals surface area contributed by atoms with E-state index in [1.54, 1.807) is 36.2 Å². The summed E-state index contributed by atoms with van der Waals surface area (Å²) in [6, 6.07) is 22.7. The minimum absolute atomic E-state index is 0.119. The van der Waals surface area contributed by atoms with Gasteiger partial charge in [0.15, 0.2) is 0 Å². The van der Waals surface area contributed by atoms with Gasteiger partial charge in [0.1, 0.15) is 16.6 Å². The quantitative estimate of drug-likeness (QED) is 0.207. The number of anilines is 1. The van der Waals surface area contributed by atoms with Crippen LogP contribution in [0.15, 0.2) is 83.9 Å². The van der Waals surface area contributed by atoms with Crippen molar-refractivity contribution in [3.8, 4) is 23.0 Å². The molecule has 0 spiro atoms. The molecule has 0 unspecified atom stereocenters. The molecular weight excluding hydrogens is 460 g/mol. The van der Waals surface area contributed by atoms with Gasteiger partial charge in [0, 0.05) is 17.3 Å². The van der Waals surface area contributed by atoms with E-state index in [0.717, 1.165) is 11.3 Å². The summed E-state index contributed by atoms with van der Waals surface area (Å²) in [5.74, 6) is -1.16. The molecule has 0 aliphatic rings. The van der Waals surface area contributed by atoms with Gasteiger partial charge < -0.3 is 10.1 Å². The number of rotatable bonds is 7. The Balaban J connectivity index is 1.68. The van der Waals surface area contributed by atoms with Gasteiger partial charge in [-0.2, -0.15) is 10.4 Å². The summed E-state index contributed by atoms with van der Waals surface area (Å²) < 4.78 is 6.94. The molecule has 2 heterocycles. The zero-order valence-corrected chi connectivity index (χ0v) is 20.0. The molecule has 35 heavy (non-hydrogen) atoms. The molecule has 7 nitrogen and oxygen atoms in total. The number of para-hydroxylation sites is 1. The van der Waals surface area contributed by atoms with Gasteiger partial charge in [0.2, 0.25) is 0 Å². The van der Waals surface area contributed by atoms with Crippen molar-refractivity contribution in [1.82, 2.24) is 9.78 Å². The van der Waals surface area contributed by atoms with Crippen LogP contribution in [-0.4, -0.2) is 27.8 Å². The standard InChI is InChI=1S/C27H22N4O3S/c1-18(2)34-27(33)23-13-14-35-26(23)29-25(32)20(16-28)15-21-17-31(22-11-7-4-8-12-22)30-24(21)19-9-5-3-6-10-19/h3-15,17-18H,1-2H3,(H,29,32)/b20-15+. The minimum Gasteiger partial charge on any atom is -0.459 e. The summed E-state index contributed by atoms with van der Waals surface area (Å²) >= 11 is 1.18. The van der Waals surface area contributed by atoms with Crippen LogP contribution in [0.3, 0.4) is 0 Å². The van der Waals surface area contributed by atoms with Crippen molar-refractivity contribution in [2.24, 2.45) is 0 Å². The Bertz CT molecular complexity index is 1410. The number of carbonyl (C=O) groups is 2. The third kappa shape index (κ3) is 5.54. The Labute approximate surface area is 206 Å². The number of carbonyl (C=O) groups excluding carboxylic acids is 2. The largest absolute Gasteiger partial charge is 0.459 e. The van der Waals surface area contributed by atoms with Gasteiger partial charge in [0.25, 0.3) is 5.91 Å². The van der Waals surface area contributed by atoms with E-state index in [1.807, 2.05) is 66.7 Å².